The summed E-state index contributed by atoms with van der Waals surface area (Å²) >= 11 is 0. The number of carbonyl (C=O) groups is 3. The monoisotopic (exact) mass is 489 g/mol. The van der Waals surface area contributed by atoms with Gasteiger partial charge in [0, 0.05) is 12.6 Å². The number of carbonyl (C=O) groups excluding carboxylic acids is 3. The fraction of sp³-hybridized carbons (Fsp3) is 0.679. The number of rotatable bonds is 12. The second kappa shape index (κ2) is 14.1. The highest BCUT2D eigenvalue weighted by Gasteiger charge is 2.37. The van der Waals surface area contributed by atoms with Crippen LogP contribution in [0.2, 0.25) is 0 Å². The normalized spacial score (nSPS) is 13.3. The van der Waals surface area contributed by atoms with Crippen LogP contribution in [0, 0.1) is 5.92 Å². The molecule has 0 aliphatic rings. The number of aryl methyl sites for hydroxylation is 1. The molecule has 0 bridgehead atoms. The Labute approximate surface area is 212 Å². The summed E-state index contributed by atoms with van der Waals surface area (Å²) in [5.74, 6) is -0.709. The summed E-state index contributed by atoms with van der Waals surface area (Å²) < 4.78 is 5.42. The van der Waals surface area contributed by atoms with Gasteiger partial charge in [-0.15, -0.1) is 0 Å². The standard InChI is InChI=1S/C28H47N3O4/c1-10-12-13-18-31(26(33)23(19(3)4)30-27(34)35-28(7,8)9)24(25(32)29-20(5)6)22-16-14-21(11-2)15-17-22/h14-17,19-20,23-24H,10-13,18H2,1-9H3,(H,29,32)(H,30,34). The molecule has 2 unspecified atom stereocenters. The highest BCUT2D eigenvalue weighted by Crippen LogP contribution is 2.25. The molecule has 1 aromatic carbocycles. The molecule has 1 aromatic rings. The molecule has 0 fully saturated rings. The summed E-state index contributed by atoms with van der Waals surface area (Å²) in [6, 6.07) is 6.15. The van der Waals surface area contributed by atoms with Crippen LogP contribution in [0.15, 0.2) is 24.3 Å². The van der Waals surface area contributed by atoms with E-state index in [0.29, 0.717) is 6.54 Å². The van der Waals surface area contributed by atoms with E-state index in [-0.39, 0.29) is 23.8 Å². The maximum Gasteiger partial charge on any atom is 0.408 e. The number of hydrogen-bond acceptors (Lipinski definition) is 4. The molecule has 7 heteroatoms. The van der Waals surface area contributed by atoms with Crippen molar-refractivity contribution in [3.8, 4) is 0 Å². The first kappa shape index (κ1) is 30.5. The minimum atomic E-state index is -0.823. The van der Waals surface area contributed by atoms with E-state index in [0.717, 1.165) is 36.8 Å². The average molecular weight is 490 g/mol. The Morgan fingerprint density at radius 2 is 1.54 bits per heavy atom. The Morgan fingerprint density at radius 1 is 0.943 bits per heavy atom. The third kappa shape index (κ3) is 10.3. The number of benzene rings is 1. The van der Waals surface area contributed by atoms with Crippen molar-refractivity contribution >= 4 is 17.9 Å². The molecule has 0 aromatic heterocycles. The van der Waals surface area contributed by atoms with Gasteiger partial charge in [-0.3, -0.25) is 9.59 Å². The minimum Gasteiger partial charge on any atom is -0.444 e. The Kier molecular flexibility index (Phi) is 12.3. The van der Waals surface area contributed by atoms with Gasteiger partial charge in [0.05, 0.1) is 0 Å². The Balaban J connectivity index is 3.45. The molecule has 35 heavy (non-hydrogen) atoms. The minimum absolute atomic E-state index is 0.0757. The van der Waals surface area contributed by atoms with Crippen molar-refractivity contribution in [2.45, 2.75) is 112 Å². The first-order valence-electron chi connectivity index (χ1n) is 13.0. The van der Waals surface area contributed by atoms with Crippen molar-refractivity contribution < 1.29 is 19.1 Å². The predicted octanol–water partition coefficient (Wildman–Crippen LogP) is 5.38. The summed E-state index contributed by atoms with van der Waals surface area (Å²) in [4.78, 5) is 41.7. The van der Waals surface area contributed by atoms with Crippen molar-refractivity contribution in [3.05, 3.63) is 35.4 Å². The van der Waals surface area contributed by atoms with Gasteiger partial charge in [0.15, 0.2) is 0 Å². The van der Waals surface area contributed by atoms with E-state index in [2.05, 4.69) is 24.5 Å². The quantitative estimate of drug-likeness (QED) is 0.386. The summed E-state index contributed by atoms with van der Waals surface area (Å²) in [6.45, 7) is 17.5. The van der Waals surface area contributed by atoms with E-state index in [9.17, 15) is 14.4 Å². The van der Waals surface area contributed by atoms with Crippen LogP contribution in [0.5, 0.6) is 0 Å². The third-order valence-corrected chi connectivity index (χ3v) is 5.59. The van der Waals surface area contributed by atoms with Crippen LogP contribution in [0.4, 0.5) is 4.79 Å². The van der Waals surface area contributed by atoms with E-state index < -0.39 is 23.8 Å². The Hall–Kier alpha value is -2.57. The van der Waals surface area contributed by atoms with Gasteiger partial charge in [0.1, 0.15) is 17.7 Å². The van der Waals surface area contributed by atoms with Crippen molar-refractivity contribution in [2.24, 2.45) is 5.92 Å². The first-order valence-corrected chi connectivity index (χ1v) is 13.0. The van der Waals surface area contributed by atoms with Gasteiger partial charge in [-0.05, 0) is 64.5 Å². The lowest BCUT2D eigenvalue weighted by atomic mass is 9.97. The molecule has 2 N–H and O–H groups in total. The maximum atomic E-state index is 14.0. The van der Waals surface area contributed by atoms with E-state index in [1.807, 2.05) is 52.0 Å². The fourth-order valence-corrected chi connectivity index (χ4v) is 3.80. The molecule has 0 heterocycles. The number of nitrogens with zero attached hydrogens (tertiary/aromatic N) is 1. The molecule has 1 rings (SSSR count). The van der Waals surface area contributed by atoms with Crippen LogP contribution in [-0.4, -0.2) is 47.0 Å². The zero-order valence-electron chi connectivity index (χ0n) is 23.2. The second-order valence-corrected chi connectivity index (χ2v) is 10.8. The number of hydrogen-bond donors (Lipinski definition) is 2. The molecular weight excluding hydrogens is 442 g/mol. The lowest BCUT2D eigenvalue weighted by Crippen LogP contribution is -2.55. The molecule has 0 aliphatic heterocycles. The van der Waals surface area contributed by atoms with E-state index in [1.54, 1.807) is 25.7 Å². The van der Waals surface area contributed by atoms with Gasteiger partial charge < -0.3 is 20.3 Å². The molecular formula is C28H47N3O4. The predicted molar refractivity (Wildman–Crippen MR) is 141 cm³/mol. The lowest BCUT2D eigenvalue weighted by Gasteiger charge is -2.36. The second-order valence-electron chi connectivity index (χ2n) is 10.8. The van der Waals surface area contributed by atoms with E-state index >= 15 is 0 Å². The topological polar surface area (TPSA) is 87.7 Å². The van der Waals surface area contributed by atoms with Crippen LogP contribution in [0.25, 0.3) is 0 Å². The van der Waals surface area contributed by atoms with Crippen molar-refractivity contribution in [2.75, 3.05) is 6.54 Å². The SMILES string of the molecule is CCCCCN(C(=O)C(NC(=O)OC(C)(C)C)C(C)C)C(C(=O)NC(C)C)c1ccc(CC)cc1. The van der Waals surface area contributed by atoms with Gasteiger partial charge in [0.2, 0.25) is 11.8 Å². The molecule has 3 amide bonds. The number of unbranched alkanes of at least 4 members (excludes halogenated alkanes) is 2. The van der Waals surface area contributed by atoms with Gasteiger partial charge in [-0.1, -0.05) is 64.8 Å². The van der Waals surface area contributed by atoms with Crippen LogP contribution in [0.3, 0.4) is 0 Å². The number of alkyl carbamates (subject to hydrolysis) is 1. The average Bonchev–Trinajstić information content (AvgIpc) is 2.75. The summed E-state index contributed by atoms with van der Waals surface area (Å²) in [5, 5.41) is 5.75. The largest absolute Gasteiger partial charge is 0.444 e. The third-order valence-electron chi connectivity index (χ3n) is 5.59. The summed E-state index contributed by atoms with van der Waals surface area (Å²) in [7, 11) is 0. The molecule has 7 nitrogen and oxygen atoms in total. The number of amides is 3. The smallest absolute Gasteiger partial charge is 0.408 e. The van der Waals surface area contributed by atoms with Gasteiger partial charge in [-0.25, -0.2) is 4.79 Å². The molecule has 0 spiro atoms. The molecule has 0 saturated carbocycles. The lowest BCUT2D eigenvalue weighted by molar-refractivity contribution is -0.143. The molecule has 198 valence electrons. The van der Waals surface area contributed by atoms with Gasteiger partial charge in [0.25, 0.3) is 0 Å². The number of nitrogens with one attached hydrogen (secondary N) is 2. The van der Waals surface area contributed by atoms with Crippen LogP contribution < -0.4 is 10.6 Å². The summed E-state index contributed by atoms with van der Waals surface area (Å²) in [5.41, 5.74) is 1.23. The van der Waals surface area contributed by atoms with Crippen LogP contribution >= 0.6 is 0 Å². The summed E-state index contributed by atoms with van der Waals surface area (Å²) in [6.07, 6.45) is 2.92. The first-order chi connectivity index (χ1) is 16.3. The van der Waals surface area contributed by atoms with Gasteiger partial charge >= 0.3 is 6.09 Å². The molecule has 0 aliphatic carbocycles. The van der Waals surface area contributed by atoms with E-state index in [1.165, 1.54) is 0 Å². The van der Waals surface area contributed by atoms with Crippen molar-refractivity contribution in [3.63, 3.8) is 0 Å². The van der Waals surface area contributed by atoms with Crippen LogP contribution in [0.1, 0.15) is 98.7 Å². The number of ether oxygens (including phenoxy) is 1. The zero-order valence-corrected chi connectivity index (χ0v) is 23.2. The van der Waals surface area contributed by atoms with Crippen molar-refractivity contribution in [1.82, 2.24) is 15.5 Å². The van der Waals surface area contributed by atoms with Crippen LogP contribution in [-0.2, 0) is 20.7 Å². The highest BCUT2D eigenvalue weighted by atomic mass is 16.6. The highest BCUT2D eigenvalue weighted by molar-refractivity contribution is 5.92. The molecule has 0 saturated heterocycles. The Bertz CT molecular complexity index is 812. The Morgan fingerprint density at radius 3 is 2.00 bits per heavy atom. The zero-order chi connectivity index (χ0) is 26.8. The molecule has 0 radical (unpaired) electrons. The fourth-order valence-electron chi connectivity index (χ4n) is 3.80. The van der Waals surface area contributed by atoms with Crippen molar-refractivity contribution in [1.29, 1.82) is 0 Å². The maximum absolute atomic E-state index is 14.0. The van der Waals surface area contributed by atoms with Gasteiger partial charge in [-0.2, -0.15) is 0 Å². The molecule has 2 atom stereocenters. The van der Waals surface area contributed by atoms with E-state index in [4.69, 9.17) is 4.74 Å².